The molecule has 0 fully saturated rings. The van der Waals surface area contributed by atoms with Crippen LogP contribution in [0.2, 0.25) is 5.02 Å². The van der Waals surface area contributed by atoms with Crippen molar-refractivity contribution in [3.8, 4) is 16.9 Å². The van der Waals surface area contributed by atoms with Crippen LogP contribution in [0.3, 0.4) is 0 Å². The molecule has 192 valence electrons. The number of aryl methyl sites for hydroxylation is 1. The molecular formula is C28H23ClFN5O3. The molecular weight excluding hydrogens is 509 g/mol. The van der Waals surface area contributed by atoms with Gasteiger partial charge in [0.15, 0.2) is 0 Å². The molecule has 0 amide bonds. The number of carboxylic acid groups (broad SMARTS) is 1. The van der Waals surface area contributed by atoms with Crippen LogP contribution in [0.1, 0.15) is 30.7 Å². The average Bonchev–Trinajstić information content (AvgIpc) is 3.37. The standard InChI is InChI=1S/C28H23ClFN5O3/c29-23-6-2-1-5-19(23)16-34-17-25(32-33-34)18-9-14-22-24(15-18)31-26(7-3-4-8-27(36)37)35(28(22)38)21-12-10-20(30)11-13-21/h1-2,5-6,9-15,17H,3-4,7-8,16H2,(H,36,37). The van der Waals surface area contributed by atoms with Gasteiger partial charge in [-0.15, -0.1) is 5.10 Å². The largest absolute Gasteiger partial charge is 0.481 e. The van der Waals surface area contributed by atoms with Crippen molar-refractivity contribution >= 4 is 28.5 Å². The van der Waals surface area contributed by atoms with E-state index < -0.39 is 11.8 Å². The van der Waals surface area contributed by atoms with E-state index in [2.05, 4.69) is 10.3 Å². The second-order valence-corrected chi connectivity index (χ2v) is 9.28. The summed E-state index contributed by atoms with van der Waals surface area (Å²) in [6.45, 7) is 0.460. The summed E-state index contributed by atoms with van der Waals surface area (Å²) < 4.78 is 16.7. The fraction of sp³-hybridized carbons (Fsp3) is 0.179. The van der Waals surface area contributed by atoms with Crippen molar-refractivity contribution in [2.45, 2.75) is 32.2 Å². The molecule has 8 nitrogen and oxygen atoms in total. The van der Waals surface area contributed by atoms with E-state index in [-0.39, 0.29) is 12.0 Å². The summed E-state index contributed by atoms with van der Waals surface area (Å²) in [5, 5.41) is 18.5. The van der Waals surface area contributed by atoms with E-state index in [9.17, 15) is 14.0 Å². The fourth-order valence-electron chi connectivity index (χ4n) is 4.28. The molecule has 3 aromatic carbocycles. The molecule has 0 atom stereocenters. The first-order chi connectivity index (χ1) is 18.4. The number of hydrogen-bond donors (Lipinski definition) is 1. The maximum absolute atomic E-state index is 13.6. The highest BCUT2D eigenvalue weighted by atomic mass is 35.5. The second kappa shape index (κ2) is 10.9. The molecule has 0 bridgehead atoms. The average molecular weight is 532 g/mol. The molecule has 1 N–H and O–H groups in total. The lowest BCUT2D eigenvalue weighted by Gasteiger charge is -2.14. The van der Waals surface area contributed by atoms with Gasteiger partial charge in [0.05, 0.1) is 29.3 Å². The fourth-order valence-corrected chi connectivity index (χ4v) is 4.48. The van der Waals surface area contributed by atoms with Gasteiger partial charge >= 0.3 is 5.97 Å². The number of aliphatic carboxylic acids is 1. The lowest BCUT2D eigenvalue weighted by Crippen LogP contribution is -2.24. The van der Waals surface area contributed by atoms with E-state index in [0.29, 0.717) is 58.9 Å². The highest BCUT2D eigenvalue weighted by Gasteiger charge is 2.15. The minimum absolute atomic E-state index is 0.0301. The van der Waals surface area contributed by atoms with Gasteiger partial charge in [-0.3, -0.25) is 14.2 Å². The van der Waals surface area contributed by atoms with Gasteiger partial charge in [-0.25, -0.2) is 14.1 Å². The Morgan fingerprint density at radius 3 is 2.58 bits per heavy atom. The zero-order valence-corrected chi connectivity index (χ0v) is 21.0. The van der Waals surface area contributed by atoms with Gasteiger partial charge in [0.1, 0.15) is 17.3 Å². The van der Waals surface area contributed by atoms with Crippen molar-refractivity contribution in [1.82, 2.24) is 24.5 Å². The number of aromatic nitrogens is 5. The Balaban J connectivity index is 1.51. The molecule has 0 radical (unpaired) electrons. The molecule has 0 spiro atoms. The van der Waals surface area contributed by atoms with Crippen molar-refractivity contribution in [3.63, 3.8) is 0 Å². The van der Waals surface area contributed by atoms with E-state index in [0.717, 1.165) is 11.1 Å². The van der Waals surface area contributed by atoms with Gasteiger partial charge in [-0.05, 0) is 60.9 Å². The molecule has 0 saturated carbocycles. The topological polar surface area (TPSA) is 103 Å². The molecule has 0 unspecified atom stereocenters. The minimum Gasteiger partial charge on any atom is -0.481 e. The summed E-state index contributed by atoms with van der Waals surface area (Å²) in [7, 11) is 0. The summed E-state index contributed by atoms with van der Waals surface area (Å²) in [6, 6.07) is 18.4. The van der Waals surface area contributed by atoms with Crippen molar-refractivity contribution in [1.29, 1.82) is 0 Å². The monoisotopic (exact) mass is 531 g/mol. The zero-order valence-electron chi connectivity index (χ0n) is 20.2. The Morgan fingerprint density at radius 1 is 1.03 bits per heavy atom. The molecule has 0 aliphatic rings. The molecule has 5 aromatic rings. The number of nitrogens with zero attached hydrogens (tertiary/aromatic N) is 5. The number of carboxylic acids is 1. The SMILES string of the molecule is O=C(O)CCCCc1nc2cc(-c3cn(Cc4ccccc4Cl)nn3)ccc2c(=O)n1-c1ccc(F)cc1. The van der Waals surface area contributed by atoms with Crippen LogP contribution in [-0.2, 0) is 17.8 Å². The van der Waals surface area contributed by atoms with E-state index in [1.54, 1.807) is 29.1 Å². The first kappa shape index (κ1) is 25.3. The van der Waals surface area contributed by atoms with Gasteiger partial charge in [0.2, 0.25) is 0 Å². The lowest BCUT2D eigenvalue weighted by atomic mass is 10.1. The number of benzene rings is 3. The van der Waals surface area contributed by atoms with Gasteiger partial charge in [-0.2, -0.15) is 0 Å². The van der Waals surface area contributed by atoms with Crippen LogP contribution in [0.15, 0.2) is 77.7 Å². The molecule has 2 aromatic heterocycles. The first-order valence-electron chi connectivity index (χ1n) is 12.1. The van der Waals surface area contributed by atoms with Crippen molar-refractivity contribution in [3.05, 3.63) is 106 Å². The van der Waals surface area contributed by atoms with E-state index in [1.165, 1.54) is 28.8 Å². The number of carbonyl (C=O) groups is 1. The number of unbranched alkanes of at least 4 members (excludes halogenated alkanes) is 1. The maximum Gasteiger partial charge on any atom is 0.303 e. The quantitative estimate of drug-likeness (QED) is 0.259. The normalized spacial score (nSPS) is 11.2. The van der Waals surface area contributed by atoms with Crippen LogP contribution < -0.4 is 5.56 Å². The Labute approximate surface area is 222 Å². The summed E-state index contributed by atoms with van der Waals surface area (Å²) >= 11 is 6.27. The molecule has 38 heavy (non-hydrogen) atoms. The summed E-state index contributed by atoms with van der Waals surface area (Å²) in [6.07, 6.45) is 3.19. The highest BCUT2D eigenvalue weighted by Crippen LogP contribution is 2.23. The molecule has 10 heteroatoms. The smallest absolute Gasteiger partial charge is 0.303 e. The van der Waals surface area contributed by atoms with Crippen LogP contribution >= 0.6 is 11.6 Å². The van der Waals surface area contributed by atoms with Crippen molar-refractivity contribution in [2.75, 3.05) is 0 Å². The third-order valence-corrected chi connectivity index (χ3v) is 6.56. The third kappa shape index (κ3) is 5.47. The molecule has 0 saturated heterocycles. The minimum atomic E-state index is -0.875. The van der Waals surface area contributed by atoms with Crippen LogP contribution in [0.4, 0.5) is 4.39 Å². The number of rotatable bonds is 9. The summed E-state index contributed by atoms with van der Waals surface area (Å²) in [5.41, 5.74) is 2.96. The van der Waals surface area contributed by atoms with E-state index in [4.69, 9.17) is 21.7 Å². The summed E-state index contributed by atoms with van der Waals surface area (Å²) in [5.74, 6) is -0.815. The van der Waals surface area contributed by atoms with Gasteiger partial charge in [0.25, 0.3) is 5.56 Å². The third-order valence-electron chi connectivity index (χ3n) is 6.19. The Morgan fingerprint density at radius 2 is 1.82 bits per heavy atom. The molecule has 0 aliphatic carbocycles. The van der Waals surface area contributed by atoms with Gasteiger partial charge in [-0.1, -0.05) is 41.1 Å². The zero-order chi connectivity index (χ0) is 26.6. The predicted molar refractivity (Wildman–Crippen MR) is 142 cm³/mol. The van der Waals surface area contributed by atoms with Crippen molar-refractivity contribution < 1.29 is 14.3 Å². The van der Waals surface area contributed by atoms with E-state index >= 15 is 0 Å². The highest BCUT2D eigenvalue weighted by molar-refractivity contribution is 6.31. The Hall–Kier alpha value is -4.37. The molecule has 2 heterocycles. The van der Waals surface area contributed by atoms with Crippen molar-refractivity contribution in [2.24, 2.45) is 0 Å². The van der Waals surface area contributed by atoms with Crippen LogP contribution in [0.5, 0.6) is 0 Å². The Kier molecular flexibility index (Phi) is 7.28. The maximum atomic E-state index is 13.6. The molecule has 5 rings (SSSR count). The van der Waals surface area contributed by atoms with Crippen LogP contribution in [0.25, 0.3) is 27.8 Å². The molecule has 0 aliphatic heterocycles. The van der Waals surface area contributed by atoms with E-state index in [1.807, 2.05) is 24.3 Å². The van der Waals surface area contributed by atoms with Crippen LogP contribution in [0, 0.1) is 5.82 Å². The second-order valence-electron chi connectivity index (χ2n) is 8.87. The number of hydrogen-bond acceptors (Lipinski definition) is 5. The Bertz CT molecular complexity index is 1680. The first-order valence-corrected chi connectivity index (χ1v) is 12.4. The lowest BCUT2D eigenvalue weighted by molar-refractivity contribution is -0.137. The van der Waals surface area contributed by atoms with Gasteiger partial charge in [0, 0.05) is 23.4 Å². The number of halogens is 2. The summed E-state index contributed by atoms with van der Waals surface area (Å²) in [4.78, 5) is 29.3. The predicted octanol–water partition coefficient (Wildman–Crippen LogP) is 5.28. The number of fused-ring (bicyclic) bond motifs is 1. The van der Waals surface area contributed by atoms with Gasteiger partial charge < -0.3 is 5.11 Å². The van der Waals surface area contributed by atoms with Crippen LogP contribution in [-0.4, -0.2) is 35.6 Å².